The first-order valence-corrected chi connectivity index (χ1v) is 10.1. The highest BCUT2D eigenvalue weighted by molar-refractivity contribution is 5.96. The van der Waals surface area contributed by atoms with Crippen molar-refractivity contribution in [2.45, 2.75) is 48.0 Å². The number of carbonyl (C=O) groups is 2. The lowest BCUT2D eigenvalue weighted by Crippen LogP contribution is -3.00. The van der Waals surface area contributed by atoms with Gasteiger partial charge in [0.15, 0.2) is 0 Å². The number of nitrogens with one attached hydrogen (secondary N) is 2. The number of nitrogens with zero attached hydrogens (tertiary/aromatic N) is 2. The van der Waals surface area contributed by atoms with Crippen LogP contribution in [0.3, 0.4) is 0 Å². The first-order valence-electron chi connectivity index (χ1n) is 10.1. The zero-order valence-electron chi connectivity index (χ0n) is 18.2. The number of amides is 2. The Morgan fingerprint density at radius 3 is 1.07 bits per heavy atom. The van der Waals surface area contributed by atoms with Crippen LogP contribution in [0.15, 0.2) is 0 Å². The van der Waals surface area contributed by atoms with Crippen molar-refractivity contribution >= 4 is 11.8 Å². The third kappa shape index (κ3) is 11.8. The van der Waals surface area contributed by atoms with Crippen molar-refractivity contribution in [3.8, 4) is 0 Å². The fraction of sp³-hybridized carbons (Fsp3) is 0.895. The molecule has 27 heavy (non-hydrogen) atoms. The summed E-state index contributed by atoms with van der Waals surface area (Å²) in [6.07, 6.45) is -0.0747. The van der Waals surface area contributed by atoms with Crippen molar-refractivity contribution in [3.63, 3.8) is 0 Å². The molecule has 0 saturated heterocycles. The molecular formula is C19H42I2N4O2. The van der Waals surface area contributed by atoms with Crippen molar-refractivity contribution in [1.82, 2.24) is 10.6 Å². The van der Waals surface area contributed by atoms with Gasteiger partial charge in [-0.1, -0.05) is 0 Å². The minimum absolute atomic E-state index is 0. The van der Waals surface area contributed by atoms with E-state index in [0.29, 0.717) is 13.1 Å². The van der Waals surface area contributed by atoms with E-state index in [1.807, 2.05) is 0 Å². The van der Waals surface area contributed by atoms with Gasteiger partial charge >= 0.3 is 0 Å². The Kier molecular flexibility index (Phi) is 20.4. The summed E-state index contributed by atoms with van der Waals surface area (Å²) in [5.74, 6) is -0.359. The molecule has 0 fully saturated rings. The maximum absolute atomic E-state index is 12.0. The molecule has 0 aliphatic heterocycles. The lowest BCUT2D eigenvalue weighted by molar-refractivity contribution is -0.922. The third-order valence-corrected chi connectivity index (χ3v) is 6.16. The number of hydrogen-bond acceptors (Lipinski definition) is 2. The SMILES string of the molecule is CC[N+](CC)(CC)CCNC(=O)CC(=O)NCC[N+](CC)(CC)CC.[I-].[I-]. The smallest absolute Gasteiger partial charge is 0.229 e. The second-order valence-electron chi connectivity index (χ2n) is 6.90. The first-order chi connectivity index (χ1) is 11.9. The van der Waals surface area contributed by atoms with Crippen LogP contribution in [0, 0.1) is 0 Å². The molecule has 0 unspecified atom stereocenters. The molecule has 0 aliphatic rings. The average molecular weight is 612 g/mol. The third-order valence-electron chi connectivity index (χ3n) is 6.16. The molecule has 0 atom stereocenters. The Labute approximate surface area is 201 Å². The average Bonchev–Trinajstić information content (AvgIpc) is 2.63. The van der Waals surface area contributed by atoms with Gasteiger partial charge in [0.2, 0.25) is 11.8 Å². The Morgan fingerprint density at radius 2 is 0.852 bits per heavy atom. The number of carbonyl (C=O) groups excluding carboxylic acids is 2. The van der Waals surface area contributed by atoms with Gasteiger partial charge in [0.1, 0.15) is 6.42 Å². The summed E-state index contributed by atoms with van der Waals surface area (Å²) in [6, 6.07) is 0. The van der Waals surface area contributed by atoms with E-state index in [-0.39, 0.29) is 66.2 Å². The molecule has 0 rings (SSSR count). The Bertz CT molecular complexity index is 349. The minimum atomic E-state index is -0.180. The molecule has 0 heterocycles. The van der Waals surface area contributed by atoms with Crippen LogP contribution in [-0.4, -0.2) is 86.2 Å². The molecule has 0 saturated carbocycles. The molecule has 0 aliphatic carbocycles. The molecule has 164 valence electrons. The van der Waals surface area contributed by atoms with E-state index in [1.54, 1.807) is 0 Å². The second-order valence-corrected chi connectivity index (χ2v) is 6.90. The van der Waals surface area contributed by atoms with Crippen molar-refractivity contribution in [2.24, 2.45) is 0 Å². The van der Waals surface area contributed by atoms with E-state index in [9.17, 15) is 9.59 Å². The fourth-order valence-corrected chi connectivity index (χ4v) is 3.43. The maximum atomic E-state index is 12.0. The van der Waals surface area contributed by atoms with Crippen LogP contribution in [0.2, 0.25) is 0 Å². The highest BCUT2D eigenvalue weighted by Crippen LogP contribution is 2.05. The second kappa shape index (κ2) is 17.2. The molecule has 8 heteroatoms. The first kappa shape index (κ1) is 32.0. The van der Waals surface area contributed by atoms with E-state index >= 15 is 0 Å². The van der Waals surface area contributed by atoms with Gasteiger partial charge in [-0.2, -0.15) is 0 Å². The molecule has 0 bridgehead atoms. The van der Waals surface area contributed by atoms with Gasteiger partial charge < -0.3 is 67.6 Å². The number of hydrogen-bond donors (Lipinski definition) is 2. The van der Waals surface area contributed by atoms with Crippen LogP contribution < -0.4 is 58.6 Å². The normalized spacial score (nSPS) is 11.2. The quantitative estimate of drug-likeness (QED) is 0.118. The molecule has 0 spiro atoms. The molecular weight excluding hydrogens is 570 g/mol. The zero-order chi connectivity index (χ0) is 19.3. The number of quaternary nitrogens is 2. The molecule has 0 radical (unpaired) electrons. The molecule has 0 aromatic rings. The number of likely N-dealkylation sites (N-methyl/N-ethyl adjacent to an activating group) is 2. The standard InChI is InChI=1S/C19H40N4O2.2HI/c1-7-22(8-2,9-3)15-13-20-18(24)17-19(25)21-14-16-23(10-4,11-5)12-6;;/h7-17H2,1-6H3;2*1H. The van der Waals surface area contributed by atoms with Crippen LogP contribution >= 0.6 is 0 Å². The van der Waals surface area contributed by atoms with Gasteiger partial charge in [0.25, 0.3) is 0 Å². The molecule has 6 nitrogen and oxygen atoms in total. The van der Waals surface area contributed by atoms with Gasteiger partial charge in [-0.3, -0.25) is 9.59 Å². The highest BCUT2D eigenvalue weighted by atomic mass is 127. The summed E-state index contributed by atoms with van der Waals surface area (Å²) in [4.78, 5) is 23.9. The van der Waals surface area contributed by atoms with Gasteiger partial charge in [-0.15, -0.1) is 0 Å². The van der Waals surface area contributed by atoms with Crippen LogP contribution in [0.1, 0.15) is 48.0 Å². The predicted molar refractivity (Wildman–Crippen MR) is 104 cm³/mol. The van der Waals surface area contributed by atoms with Crippen molar-refractivity contribution in [3.05, 3.63) is 0 Å². The molecule has 0 aromatic heterocycles. The summed E-state index contributed by atoms with van der Waals surface area (Å²) in [6.45, 7) is 22.6. The van der Waals surface area contributed by atoms with Crippen LogP contribution in [-0.2, 0) is 9.59 Å². The van der Waals surface area contributed by atoms with E-state index < -0.39 is 0 Å². The minimum Gasteiger partial charge on any atom is -1.00 e. The molecule has 2 N–H and O–H groups in total. The van der Waals surface area contributed by atoms with E-state index in [4.69, 9.17) is 0 Å². The van der Waals surface area contributed by atoms with Gasteiger partial charge in [0.05, 0.1) is 65.4 Å². The highest BCUT2D eigenvalue weighted by Gasteiger charge is 2.22. The number of rotatable bonds is 14. The summed E-state index contributed by atoms with van der Waals surface area (Å²) < 4.78 is 2.00. The monoisotopic (exact) mass is 612 g/mol. The van der Waals surface area contributed by atoms with Crippen molar-refractivity contribution in [1.29, 1.82) is 0 Å². The largest absolute Gasteiger partial charge is 1.00 e. The van der Waals surface area contributed by atoms with E-state index in [2.05, 4.69) is 52.2 Å². The van der Waals surface area contributed by atoms with Crippen molar-refractivity contribution in [2.75, 3.05) is 65.4 Å². The summed E-state index contributed by atoms with van der Waals surface area (Å²) in [7, 11) is 0. The fourth-order valence-electron chi connectivity index (χ4n) is 3.43. The predicted octanol–water partition coefficient (Wildman–Crippen LogP) is -4.63. The van der Waals surface area contributed by atoms with E-state index in [0.717, 1.165) is 61.3 Å². The Hall–Kier alpha value is 0.320. The summed E-state index contributed by atoms with van der Waals surface area (Å²) in [5.41, 5.74) is 0. The zero-order valence-corrected chi connectivity index (χ0v) is 22.6. The van der Waals surface area contributed by atoms with Crippen LogP contribution in [0.5, 0.6) is 0 Å². The number of halogens is 2. The van der Waals surface area contributed by atoms with Gasteiger partial charge in [-0.25, -0.2) is 0 Å². The Balaban J connectivity index is -0.00000288. The lowest BCUT2D eigenvalue weighted by Gasteiger charge is -2.36. The Morgan fingerprint density at radius 1 is 0.593 bits per heavy atom. The van der Waals surface area contributed by atoms with E-state index in [1.165, 1.54) is 0 Å². The summed E-state index contributed by atoms with van der Waals surface area (Å²) >= 11 is 0. The topological polar surface area (TPSA) is 58.2 Å². The van der Waals surface area contributed by atoms with Crippen molar-refractivity contribution < 1.29 is 66.5 Å². The molecule has 0 aromatic carbocycles. The van der Waals surface area contributed by atoms with Gasteiger partial charge in [0, 0.05) is 0 Å². The molecule has 2 amide bonds. The summed E-state index contributed by atoms with van der Waals surface area (Å²) in [5, 5.41) is 5.79. The lowest BCUT2D eigenvalue weighted by atomic mass is 10.3. The van der Waals surface area contributed by atoms with Crippen LogP contribution in [0.4, 0.5) is 0 Å². The maximum Gasteiger partial charge on any atom is 0.229 e. The van der Waals surface area contributed by atoms with Crippen LogP contribution in [0.25, 0.3) is 0 Å². The van der Waals surface area contributed by atoms with Gasteiger partial charge in [-0.05, 0) is 41.5 Å².